The summed E-state index contributed by atoms with van der Waals surface area (Å²) in [5.74, 6) is 0. The second-order valence-corrected chi connectivity index (χ2v) is 6.54. The van der Waals surface area contributed by atoms with Crippen LogP contribution < -0.4 is 5.43 Å². The number of para-hydroxylation sites is 2. The van der Waals surface area contributed by atoms with E-state index in [1.807, 2.05) is 48.1 Å². The molecule has 0 saturated heterocycles. The van der Waals surface area contributed by atoms with Crippen molar-refractivity contribution in [3.8, 4) is 0 Å². The molecule has 0 radical (unpaired) electrons. The van der Waals surface area contributed by atoms with E-state index in [-0.39, 0.29) is 0 Å². The van der Waals surface area contributed by atoms with E-state index in [4.69, 9.17) is 5.53 Å². The summed E-state index contributed by atoms with van der Waals surface area (Å²) >= 11 is 3.34. The molecule has 0 unspecified atom stereocenters. The fraction of sp³-hybridized carbons (Fsp3) is 0.0714. The van der Waals surface area contributed by atoms with Gasteiger partial charge < -0.3 is 0 Å². The van der Waals surface area contributed by atoms with Crippen molar-refractivity contribution in [1.29, 1.82) is 5.53 Å². The van der Waals surface area contributed by atoms with Gasteiger partial charge in [0.25, 0.3) is 0 Å². The number of thioether (sulfide) groups is 2. The maximum absolute atomic E-state index is 7.24. The van der Waals surface area contributed by atoms with Gasteiger partial charge in [-0.15, -0.1) is 4.68 Å². The van der Waals surface area contributed by atoms with Gasteiger partial charge >= 0.3 is 4.38 Å². The highest BCUT2D eigenvalue weighted by atomic mass is 32.2. The van der Waals surface area contributed by atoms with E-state index in [2.05, 4.69) is 22.7 Å². The summed E-state index contributed by atoms with van der Waals surface area (Å²) in [6.45, 7) is 0. The van der Waals surface area contributed by atoms with Gasteiger partial charge in [-0.1, -0.05) is 24.3 Å². The third-order valence-corrected chi connectivity index (χ3v) is 5.37. The first-order valence-electron chi connectivity index (χ1n) is 6.06. The molecule has 100 valence electrons. The molecule has 0 fully saturated rings. The van der Waals surface area contributed by atoms with Crippen molar-refractivity contribution in [3.05, 3.63) is 48.5 Å². The summed E-state index contributed by atoms with van der Waals surface area (Å²) in [6.07, 6.45) is 0. The Labute approximate surface area is 125 Å². The largest absolute Gasteiger partial charge is 0.308 e. The molecule has 4 nitrogen and oxygen atoms in total. The monoisotopic (exact) mass is 301 g/mol. The molecule has 3 rings (SSSR count). The van der Waals surface area contributed by atoms with E-state index >= 15 is 0 Å². The van der Waals surface area contributed by atoms with E-state index in [1.165, 1.54) is 4.90 Å². The van der Waals surface area contributed by atoms with E-state index in [0.29, 0.717) is 5.69 Å². The second-order valence-electron chi connectivity index (χ2n) is 4.22. The molecular formula is C14H13N4S2+. The van der Waals surface area contributed by atoms with Crippen molar-refractivity contribution in [2.45, 2.75) is 9.79 Å². The van der Waals surface area contributed by atoms with Gasteiger partial charge in [0, 0.05) is 9.79 Å². The molecule has 2 aromatic carbocycles. The Balaban J connectivity index is 1.90. The molecule has 0 bridgehead atoms. The van der Waals surface area contributed by atoms with Crippen LogP contribution in [0.5, 0.6) is 0 Å². The fourth-order valence-electron chi connectivity index (χ4n) is 1.86. The van der Waals surface area contributed by atoms with E-state index in [1.54, 1.807) is 23.5 Å². The summed E-state index contributed by atoms with van der Waals surface area (Å²) in [5, 5.41) is 3.57. The third kappa shape index (κ3) is 2.57. The molecule has 0 spiro atoms. The Bertz CT molecular complexity index is 697. The first-order valence-corrected chi connectivity index (χ1v) is 7.70. The van der Waals surface area contributed by atoms with Crippen LogP contribution in [0.3, 0.4) is 0 Å². The van der Waals surface area contributed by atoms with Gasteiger partial charge in [-0.3, -0.25) is 0 Å². The zero-order chi connectivity index (χ0) is 13.9. The molecule has 6 heteroatoms. The maximum atomic E-state index is 7.24. The van der Waals surface area contributed by atoms with Gasteiger partial charge in [-0.05, 0) is 47.8 Å². The highest BCUT2D eigenvalue weighted by Crippen LogP contribution is 2.39. The number of nitrogens with one attached hydrogen (secondary N) is 2. The maximum Gasteiger partial charge on any atom is 0.308 e. The van der Waals surface area contributed by atoms with Crippen LogP contribution in [0.15, 0.2) is 63.4 Å². The fourth-order valence-corrected chi connectivity index (χ4v) is 4.04. The van der Waals surface area contributed by atoms with Crippen LogP contribution >= 0.6 is 23.5 Å². The van der Waals surface area contributed by atoms with Gasteiger partial charge in [0.05, 0.1) is 5.69 Å². The Hall–Kier alpha value is -1.79. The predicted octanol–water partition coefficient (Wildman–Crippen LogP) is 4.57. The molecule has 1 aliphatic rings. The number of anilines is 1. The molecule has 0 aromatic heterocycles. The number of nitrogens with zero attached hydrogens (tertiary/aromatic N) is 2. The summed E-state index contributed by atoms with van der Waals surface area (Å²) in [4.78, 5) is 2.19. The van der Waals surface area contributed by atoms with Gasteiger partial charge in [-0.25, -0.2) is 5.53 Å². The minimum atomic E-state index is 0.692. The molecule has 0 atom stereocenters. The predicted molar refractivity (Wildman–Crippen MR) is 84.2 cm³/mol. The molecule has 0 saturated carbocycles. The van der Waals surface area contributed by atoms with Crippen molar-refractivity contribution < 1.29 is 4.68 Å². The molecule has 1 aliphatic heterocycles. The van der Waals surface area contributed by atoms with Crippen LogP contribution in [0.2, 0.25) is 0 Å². The summed E-state index contributed by atoms with van der Waals surface area (Å²) in [7, 11) is 1.99. The van der Waals surface area contributed by atoms with E-state index in [0.717, 1.165) is 15.0 Å². The van der Waals surface area contributed by atoms with Crippen LogP contribution in [0.1, 0.15) is 0 Å². The van der Waals surface area contributed by atoms with E-state index in [9.17, 15) is 0 Å². The highest BCUT2D eigenvalue weighted by Gasteiger charge is 2.24. The van der Waals surface area contributed by atoms with Crippen LogP contribution in [-0.2, 0) is 0 Å². The lowest BCUT2D eigenvalue weighted by molar-refractivity contribution is -0.458. The normalized spacial score (nSPS) is 13.7. The number of hydrogen-bond acceptors (Lipinski definition) is 5. The molecule has 2 aromatic rings. The number of rotatable bonds is 2. The number of hydrazone groups is 1. The van der Waals surface area contributed by atoms with Gasteiger partial charge in [0.15, 0.2) is 7.05 Å². The summed E-state index contributed by atoms with van der Waals surface area (Å²) in [6, 6.07) is 15.9. The van der Waals surface area contributed by atoms with Gasteiger partial charge in [0.1, 0.15) is 5.69 Å². The van der Waals surface area contributed by atoms with Crippen molar-refractivity contribution in [2.24, 2.45) is 5.11 Å². The van der Waals surface area contributed by atoms with Crippen LogP contribution in [0.25, 0.3) is 0 Å². The topological polar surface area (TPSA) is 51.2 Å². The molecule has 1 heterocycles. The summed E-state index contributed by atoms with van der Waals surface area (Å²) in [5.41, 5.74) is 12.4. The smallest absolute Gasteiger partial charge is 0.204 e. The zero-order valence-electron chi connectivity index (χ0n) is 10.8. The van der Waals surface area contributed by atoms with E-state index < -0.39 is 0 Å². The number of fused-ring (bicyclic) bond motifs is 1. The zero-order valence-corrected chi connectivity index (χ0v) is 12.5. The SMILES string of the molecule is C[N+]1=C(Sc2ccccc2N=N)Sc2ccccc2N1. The Kier molecular flexibility index (Phi) is 3.75. The van der Waals surface area contributed by atoms with Gasteiger partial charge in [-0.2, -0.15) is 10.5 Å². The van der Waals surface area contributed by atoms with Crippen molar-refractivity contribution in [2.75, 3.05) is 12.5 Å². The Morgan fingerprint density at radius 3 is 2.75 bits per heavy atom. The lowest BCUT2D eigenvalue weighted by Gasteiger charge is -2.15. The second kappa shape index (κ2) is 5.68. The number of hydrogen-bond donors (Lipinski definition) is 2. The van der Waals surface area contributed by atoms with Crippen molar-refractivity contribution >= 4 is 39.3 Å². The van der Waals surface area contributed by atoms with Crippen LogP contribution in [0, 0.1) is 5.53 Å². The molecule has 0 aliphatic carbocycles. The highest BCUT2D eigenvalue weighted by molar-refractivity contribution is 8.38. The summed E-state index contributed by atoms with van der Waals surface area (Å²) < 4.78 is 3.11. The Morgan fingerprint density at radius 1 is 1.15 bits per heavy atom. The van der Waals surface area contributed by atoms with Crippen LogP contribution in [0.4, 0.5) is 11.4 Å². The average molecular weight is 301 g/mol. The Morgan fingerprint density at radius 2 is 1.90 bits per heavy atom. The van der Waals surface area contributed by atoms with Crippen molar-refractivity contribution in [3.63, 3.8) is 0 Å². The van der Waals surface area contributed by atoms with Crippen molar-refractivity contribution in [1.82, 2.24) is 0 Å². The first-order chi connectivity index (χ1) is 9.78. The number of hydrazine groups is 1. The quantitative estimate of drug-likeness (QED) is 0.631. The average Bonchev–Trinajstić information content (AvgIpc) is 2.48. The molecule has 20 heavy (non-hydrogen) atoms. The minimum Gasteiger partial charge on any atom is -0.204 e. The molecular weight excluding hydrogens is 288 g/mol. The lowest BCUT2D eigenvalue weighted by Crippen LogP contribution is -2.23. The van der Waals surface area contributed by atoms with Crippen LogP contribution in [-0.4, -0.2) is 16.1 Å². The third-order valence-electron chi connectivity index (χ3n) is 2.83. The minimum absolute atomic E-state index is 0.692. The molecule has 2 N–H and O–H groups in total. The van der Waals surface area contributed by atoms with Gasteiger partial charge in [0.2, 0.25) is 0 Å². The standard InChI is InChI=1S/C14H13N4S2/c1-18-14(19-12-8-4-2-6-10(12)16-15)20-13-9-5-3-7-11(13)17-18/h2-9,15,17H,1H3/q+1. The lowest BCUT2D eigenvalue weighted by atomic mass is 10.3. The first kappa shape index (κ1) is 13.2. The molecule has 0 amide bonds. The number of benzene rings is 2.